The molecule has 7 nitrogen and oxygen atoms in total. The summed E-state index contributed by atoms with van der Waals surface area (Å²) in [5.41, 5.74) is 3.48. The lowest BCUT2D eigenvalue weighted by molar-refractivity contribution is -0.145. The van der Waals surface area contributed by atoms with Crippen LogP contribution < -0.4 is 5.32 Å². The van der Waals surface area contributed by atoms with Gasteiger partial charge in [0.15, 0.2) is 0 Å². The van der Waals surface area contributed by atoms with Crippen molar-refractivity contribution in [2.75, 3.05) is 11.9 Å². The van der Waals surface area contributed by atoms with Gasteiger partial charge in [-0.25, -0.2) is 4.98 Å². The van der Waals surface area contributed by atoms with Crippen molar-refractivity contribution < 1.29 is 9.59 Å². The number of aromatic nitrogens is 3. The lowest BCUT2D eigenvalue weighted by Gasteiger charge is -2.39. The van der Waals surface area contributed by atoms with Gasteiger partial charge in [0.05, 0.1) is 22.4 Å². The largest absolute Gasteiger partial charge is 0.342 e. The Morgan fingerprint density at radius 3 is 2.58 bits per heavy atom. The van der Waals surface area contributed by atoms with Crippen LogP contribution in [0.25, 0.3) is 16.7 Å². The molecule has 7 heteroatoms. The first kappa shape index (κ1) is 19.1. The van der Waals surface area contributed by atoms with Crippen molar-refractivity contribution in [3.8, 4) is 5.69 Å². The molecule has 156 valence electrons. The molecule has 3 heterocycles. The van der Waals surface area contributed by atoms with Gasteiger partial charge in [0.2, 0.25) is 11.8 Å². The number of nitrogens with one attached hydrogen (secondary N) is 2. The normalized spacial score (nSPS) is 15.6. The van der Waals surface area contributed by atoms with Crippen LogP contribution in [-0.2, 0) is 16.0 Å². The Balaban J connectivity index is 1.22. The number of likely N-dealkylation sites (tertiary alicyclic amines) is 1. The molecule has 31 heavy (non-hydrogen) atoms. The molecule has 2 amide bonds. The second-order valence-electron chi connectivity index (χ2n) is 7.69. The molecule has 2 N–H and O–H groups in total. The fourth-order valence-corrected chi connectivity index (χ4v) is 3.97. The Kier molecular flexibility index (Phi) is 5.00. The molecule has 1 atom stereocenters. The molecule has 0 spiro atoms. The van der Waals surface area contributed by atoms with E-state index in [4.69, 9.17) is 0 Å². The number of aromatic amines is 1. The maximum atomic E-state index is 12.9. The van der Waals surface area contributed by atoms with Crippen molar-refractivity contribution in [3.05, 3.63) is 78.9 Å². The van der Waals surface area contributed by atoms with Gasteiger partial charge >= 0.3 is 0 Å². The minimum Gasteiger partial charge on any atom is -0.342 e. The second kappa shape index (κ2) is 8.10. The van der Waals surface area contributed by atoms with Gasteiger partial charge in [-0.15, -0.1) is 0 Å². The van der Waals surface area contributed by atoms with E-state index in [-0.39, 0.29) is 11.8 Å². The first-order valence-corrected chi connectivity index (χ1v) is 10.5. The molecular weight excluding hydrogens is 390 g/mol. The number of hydrogen-bond acceptors (Lipinski definition) is 3. The molecular formula is C24H23N5O2. The Morgan fingerprint density at radius 1 is 1.03 bits per heavy atom. The highest BCUT2D eigenvalue weighted by Gasteiger charge is 2.37. The third-order valence-corrected chi connectivity index (χ3v) is 5.70. The minimum atomic E-state index is -0.430. The number of amides is 2. The molecule has 1 aliphatic heterocycles. The van der Waals surface area contributed by atoms with Gasteiger partial charge in [-0.1, -0.05) is 24.3 Å². The number of imidazole rings is 1. The van der Waals surface area contributed by atoms with Gasteiger partial charge < -0.3 is 19.8 Å². The molecule has 0 unspecified atom stereocenters. The predicted octanol–water partition coefficient (Wildman–Crippen LogP) is 3.53. The van der Waals surface area contributed by atoms with Crippen LogP contribution in [0.15, 0.2) is 73.1 Å². The van der Waals surface area contributed by atoms with Crippen LogP contribution in [0.3, 0.4) is 0 Å². The lowest BCUT2D eigenvalue weighted by atomic mass is 10.0. The summed E-state index contributed by atoms with van der Waals surface area (Å²) in [6, 6.07) is 18.9. The predicted molar refractivity (Wildman–Crippen MR) is 119 cm³/mol. The van der Waals surface area contributed by atoms with Gasteiger partial charge in [0.1, 0.15) is 11.9 Å². The highest BCUT2D eigenvalue weighted by atomic mass is 16.2. The van der Waals surface area contributed by atoms with Crippen LogP contribution in [-0.4, -0.2) is 43.8 Å². The summed E-state index contributed by atoms with van der Waals surface area (Å²) in [6.07, 6.45) is 5.39. The average molecular weight is 413 g/mol. The van der Waals surface area contributed by atoms with E-state index in [1.807, 2.05) is 77.6 Å². The zero-order valence-electron chi connectivity index (χ0n) is 17.0. The number of benzene rings is 2. The summed E-state index contributed by atoms with van der Waals surface area (Å²) in [5.74, 6) is 0.616. The maximum Gasteiger partial charge on any atom is 0.247 e. The van der Waals surface area contributed by atoms with Gasteiger partial charge in [-0.2, -0.15) is 0 Å². The average Bonchev–Trinajstić information content (AvgIpc) is 3.41. The molecule has 0 radical (unpaired) electrons. The van der Waals surface area contributed by atoms with Crippen molar-refractivity contribution >= 4 is 28.5 Å². The molecule has 5 rings (SSSR count). The quantitative estimate of drug-likeness (QED) is 0.507. The Morgan fingerprint density at radius 2 is 1.81 bits per heavy atom. The molecule has 0 bridgehead atoms. The topological polar surface area (TPSA) is 83.0 Å². The Hall–Kier alpha value is -3.87. The summed E-state index contributed by atoms with van der Waals surface area (Å²) in [6.45, 7) is 0.607. The SMILES string of the molecule is O=C(Nc1ccccc1-n1cccc1)[C@@H]1CCN1C(=O)CCc1nc2ccccc2[nH]1. The second-order valence-corrected chi connectivity index (χ2v) is 7.69. The van der Waals surface area contributed by atoms with Gasteiger partial charge in [0.25, 0.3) is 0 Å². The van der Waals surface area contributed by atoms with E-state index in [2.05, 4.69) is 15.3 Å². The number of fused-ring (bicyclic) bond motifs is 1. The third-order valence-electron chi connectivity index (χ3n) is 5.70. The minimum absolute atomic E-state index is 0.0226. The summed E-state index contributed by atoms with van der Waals surface area (Å²) >= 11 is 0. The van der Waals surface area contributed by atoms with Crippen molar-refractivity contribution in [1.29, 1.82) is 0 Å². The standard InChI is InChI=1S/C24H23N5O2/c30-23(12-11-22-25-17-7-1-2-8-18(17)26-22)29-16-13-21(29)24(31)27-19-9-3-4-10-20(19)28-14-5-6-15-28/h1-10,14-15,21H,11-13,16H2,(H,25,26)(H,27,31)/t21-/m0/s1. The van der Waals surface area contributed by atoms with E-state index in [1.54, 1.807) is 4.90 Å². The van der Waals surface area contributed by atoms with E-state index < -0.39 is 6.04 Å². The summed E-state index contributed by atoms with van der Waals surface area (Å²) in [5, 5.41) is 3.00. The number of hydrogen-bond donors (Lipinski definition) is 2. The number of H-pyrrole nitrogens is 1. The fourth-order valence-electron chi connectivity index (χ4n) is 3.97. The summed E-state index contributed by atoms with van der Waals surface area (Å²) in [7, 11) is 0. The fraction of sp³-hybridized carbons (Fsp3) is 0.208. The van der Waals surface area contributed by atoms with Crippen molar-refractivity contribution in [1.82, 2.24) is 19.4 Å². The van der Waals surface area contributed by atoms with Gasteiger partial charge in [0, 0.05) is 31.8 Å². The zero-order chi connectivity index (χ0) is 21.2. The van der Waals surface area contributed by atoms with Crippen LogP contribution in [0.4, 0.5) is 5.69 Å². The van der Waals surface area contributed by atoms with Gasteiger partial charge in [-0.3, -0.25) is 9.59 Å². The maximum absolute atomic E-state index is 12.9. The van der Waals surface area contributed by atoms with Crippen molar-refractivity contribution in [3.63, 3.8) is 0 Å². The van der Waals surface area contributed by atoms with Gasteiger partial charge in [-0.05, 0) is 42.8 Å². The molecule has 4 aromatic rings. The van der Waals surface area contributed by atoms with E-state index >= 15 is 0 Å². The van der Waals surface area contributed by atoms with Crippen LogP contribution in [0, 0.1) is 0 Å². The van der Waals surface area contributed by atoms with E-state index in [9.17, 15) is 9.59 Å². The summed E-state index contributed by atoms with van der Waals surface area (Å²) < 4.78 is 1.95. The van der Waals surface area contributed by atoms with Crippen LogP contribution in [0.2, 0.25) is 0 Å². The highest BCUT2D eigenvalue weighted by molar-refractivity contribution is 5.99. The molecule has 0 saturated carbocycles. The first-order valence-electron chi connectivity index (χ1n) is 10.5. The zero-order valence-corrected chi connectivity index (χ0v) is 17.0. The molecule has 1 aliphatic rings. The third kappa shape index (κ3) is 3.82. The molecule has 0 aliphatic carbocycles. The van der Waals surface area contributed by atoms with E-state index in [0.29, 0.717) is 25.8 Å². The molecule has 2 aromatic heterocycles. The lowest BCUT2D eigenvalue weighted by Crippen LogP contribution is -2.56. The monoisotopic (exact) mass is 413 g/mol. The van der Waals surface area contributed by atoms with Crippen LogP contribution in [0.1, 0.15) is 18.7 Å². The number of rotatable bonds is 6. The highest BCUT2D eigenvalue weighted by Crippen LogP contribution is 2.24. The smallest absolute Gasteiger partial charge is 0.247 e. The van der Waals surface area contributed by atoms with E-state index in [1.165, 1.54) is 0 Å². The number of carbonyl (C=O) groups is 2. The number of aryl methyl sites for hydroxylation is 1. The van der Waals surface area contributed by atoms with Crippen LogP contribution in [0.5, 0.6) is 0 Å². The first-order chi connectivity index (χ1) is 15.2. The van der Waals surface area contributed by atoms with Crippen LogP contribution >= 0.6 is 0 Å². The van der Waals surface area contributed by atoms with Crippen molar-refractivity contribution in [2.24, 2.45) is 0 Å². The number of para-hydroxylation sites is 4. The van der Waals surface area contributed by atoms with E-state index in [0.717, 1.165) is 28.2 Å². The number of carbonyl (C=O) groups excluding carboxylic acids is 2. The van der Waals surface area contributed by atoms with Crippen molar-refractivity contribution in [2.45, 2.75) is 25.3 Å². The molecule has 1 saturated heterocycles. The molecule has 2 aromatic carbocycles. The number of anilines is 1. The number of nitrogens with zero attached hydrogens (tertiary/aromatic N) is 3. The Bertz CT molecular complexity index is 1190. The Labute approximate surface area is 179 Å². The molecule has 1 fully saturated rings. The summed E-state index contributed by atoms with van der Waals surface area (Å²) in [4.78, 5) is 35.1.